The molecular weight excluding hydrogens is 278 g/mol. The van der Waals surface area contributed by atoms with Crippen LogP contribution in [0.25, 0.3) is 11.1 Å². The molecule has 1 atom stereocenters. The molecule has 1 unspecified atom stereocenters. The average molecular weight is 301 g/mol. The van der Waals surface area contributed by atoms with Gasteiger partial charge in [0.15, 0.2) is 5.58 Å². The highest BCUT2D eigenvalue weighted by molar-refractivity contribution is 5.78. The third-order valence-electron chi connectivity index (χ3n) is 4.15. The van der Waals surface area contributed by atoms with E-state index in [9.17, 15) is 4.79 Å². The summed E-state index contributed by atoms with van der Waals surface area (Å²) in [6, 6.07) is 6.94. The molecule has 5 nitrogen and oxygen atoms in total. The van der Waals surface area contributed by atoms with E-state index in [2.05, 4.69) is 43.2 Å². The first-order valence-corrected chi connectivity index (χ1v) is 7.74. The molecule has 5 heteroatoms. The van der Waals surface area contributed by atoms with E-state index in [1.54, 1.807) is 0 Å². The van der Waals surface area contributed by atoms with Crippen LogP contribution in [0.5, 0.6) is 0 Å². The van der Waals surface area contributed by atoms with Crippen LogP contribution in [-0.2, 0) is 10.2 Å². The topological polar surface area (TPSA) is 58.4 Å². The van der Waals surface area contributed by atoms with Crippen LogP contribution >= 0.6 is 0 Å². The third kappa shape index (κ3) is 2.93. The summed E-state index contributed by atoms with van der Waals surface area (Å²) in [4.78, 5) is 17.8. The van der Waals surface area contributed by atoms with Crippen molar-refractivity contribution in [3.05, 3.63) is 23.8 Å². The predicted octanol–water partition coefficient (Wildman–Crippen LogP) is 2.84. The Bertz CT molecular complexity index is 699. The van der Waals surface area contributed by atoms with Crippen LogP contribution in [0.4, 0.5) is 6.01 Å². The molecule has 0 bridgehead atoms. The highest BCUT2D eigenvalue weighted by Crippen LogP contribution is 2.28. The van der Waals surface area contributed by atoms with Crippen LogP contribution in [0, 0.1) is 0 Å². The number of carbonyl (C=O) groups excluding carboxylic acids is 1. The van der Waals surface area contributed by atoms with Crippen LogP contribution in [0.3, 0.4) is 0 Å². The molecule has 0 spiro atoms. The van der Waals surface area contributed by atoms with Gasteiger partial charge < -0.3 is 14.6 Å². The lowest BCUT2D eigenvalue weighted by molar-refractivity contribution is -0.119. The Balaban J connectivity index is 1.80. The highest BCUT2D eigenvalue weighted by Gasteiger charge is 2.23. The molecular formula is C17H23N3O2. The van der Waals surface area contributed by atoms with E-state index in [4.69, 9.17) is 4.42 Å². The number of hydrogen-bond acceptors (Lipinski definition) is 4. The molecule has 0 aliphatic carbocycles. The van der Waals surface area contributed by atoms with Gasteiger partial charge in [-0.3, -0.25) is 4.79 Å². The van der Waals surface area contributed by atoms with Crippen LogP contribution in [0.15, 0.2) is 22.6 Å². The fourth-order valence-electron chi connectivity index (χ4n) is 2.77. The maximum atomic E-state index is 11.3. The molecule has 2 aromatic rings. The maximum Gasteiger partial charge on any atom is 0.298 e. The van der Waals surface area contributed by atoms with Crippen molar-refractivity contribution in [1.29, 1.82) is 0 Å². The first kappa shape index (κ1) is 14.9. The summed E-state index contributed by atoms with van der Waals surface area (Å²) in [6.07, 6.45) is 1.48. The molecule has 1 aromatic heterocycles. The van der Waals surface area contributed by atoms with E-state index in [-0.39, 0.29) is 17.4 Å². The second-order valence-electron chi connectivity index (χ2n) is 7.11. The zero-order valence-electron chi connectivity index (χ0n) is 13.6. The van der Waals surface area contributed by atoms with E-state index in [0.29, 0.717) is 19.0 Å². The van der Waals surface area contributed by atoms with E-state index in [1.807, 2.05) is 18.0 Å². The summed E-state index contributed by atoms with van der Waals surface area (Å²) in [6.45, 7) is 7.27. The van der Waals surface area contributed by atoms with Gasteiger partial charge in [0, 0.05) is 26.1 Å². The molecule has 0 saturated carbocycles. The Hall–Kier alpha value is -2.04. The predicted molar refractivity (Wildman–Crippen MR) is 87.1 cm³/mol. The van der Waals surface area contributed by atoms with Crippen molar-refractivity contribution >= 4 is 23.0 Å². The molecule has 1 N–H and O–H groups in total. The second-order valence-corrected chi connectivity index (χ2v) is 7.11. The third-order valence-corrected chi connectivity index (χ3v) is 4.15. The Labute approximate surface area is 130 Å². The van der Waals surface area contributed by atoms with E-state index >= 15 is 0 Å². The van der Waals surface area contributed by atoms with Crippen LogP contribution in [-0.4, -0.2) is 30.5 Å². The van der Waals surface area contributed by atoms with Gasteiger partial charge >= 0.3 is 0 Å². The van der Waals surface area contributed by atoms with E-state index in [0.717, 1.165) is 17.5 Å². The van der Waals surface area contributed by atoms with Gasteiger partial charge in [-0.25, -0.2) is 0 Å². The summed E-state index contributed by atoms with van der Waals surface area (Å²) < 4.78 is 5.84. The van der Waals surface area contributed by atoms with Crippen molar-refractivity contribution in [3.63, 3.8) is 0 Å². The van der Waals surface area contributed by atoms with Gasteiger partial charge in [0.1, 0.15) is 5.52 Å². The number of anilines is 1. The first-order valence-electron chi connectivity index (χ1n) is 7.74. The fraction of sp³-hybridized carbons (Fsp3) is 0.529. The largest absolute Gasteiger partial charge is 0.423 e. The molecule has 0 radical (unpaired) electrons. The van der Waals surface area contributed by atoms with Gasteiger partial charge in [-0.05, 0) is 29.5 Å². The van der Waals surface area contributed by atoms with Crippen LogP contribution < -0.4 is 10.2 Å². The summed E-state index contributed by atoms with van der Waals surface area (Å²) in [5.41, 5.74) is 3.01. The summed E-state index contributed by atoms with van der Waals surface area (Å²) in [7, 11) is 1.94. The monoisotopic (exact) mass is 301 g/mol. The number of aromatic nitrogens is 1. The van der Waals surface area contributed by atoms with Crippen LogP contribution in [0.2, 0.25) is 0 Å². The van der Waals surface area contributed by atoms with Gasteiger partial charge in [0.05, 0.1) is 0 Å². The maximum absolute atomic E-state index is 11.3. The molecule has 118 valence electrons. The minimum Gasteiger partial charge on any atom is -0.423 e. The quantitative estimate of drug-likeness (QED) is 0.947. The minimum atomic E-state index is 0.0906. The zero-order valence-corrected chi connectivity index (χ0v) is 13.6. The van der Waals surface area contributed by atoms with Gasteiger partial charge in [0.2, 0.25) is 5.91 Å². The fourth-order valence-corrected chi connectivity index (χ4v) is 2.77. The molecule has 1 fully saturated rings. The van der Waals surface area contributed by atoms with Gasteiger partial charge in [-0.15, -0.1) is 0 Å². The number of nitrogens with one attached hydrogen (secondary N) is 1. The number of amides is 1. The Morgan fingerprint density at radius 1 is 1.41 bits per heavy atom. The number of nitrogens with zero attached hydrogens (tertiary/aromatic N) is 2. The Morgan fingerprint density at radius 2 is 2.18 bits per heavy atom. The number of likely N-dealkylation sites (N-methyl/N-ethyl adjacent to an activating group) is 1. The molecule has 1 aliphatic rings. The molecule has 1 aliphatic heterocycles. The molecule has 1 amide bonds. The van der Waals surface area contributed by atoms with Crippen molar-refractivity contribution < 1.29 is 9.21 Å². The number of fused-ring (bicyclic) bond motifs is 1. The van der Waals surface area contributed by atoms with Gasteiger partial charge in [-0.1, -0.05) is 26.8 Å². The lowest BCUT2D eigenvalue weighted by Gasteiger charge is -2.18. The van der Waals surface area contributed by atoms with Crippen molar-refractivity contribution in [2.75, 3.05) is 18.5 Å². The Morgan fingerprint density at radius 3 is 2.82 bits per heavy atom. The van der Waals surface area contributed by atoms with Crippen molar-refractivity contribution in [1.82, 2.24) is 10.3 Å². The van der Waals surface area contributed by atoms with Crippen molar-refractivity contribution in [3.8, 4) is 0 Å². The number of rotatable bonds is 3. The van der Waals surface area contributed by atoms with E-state index in [1.165, 1.54) is 5.56 Å². The SMILES string of the molecule is CN(CC1CCC(=O)N1)c1nc2cc(C(C)(C)C)ccc2o1. The average Bonchev–Trinajstić information content (AvgIpc) is 3.02. The minimum absolute atomic E-state index is 0.0906. The smallest absolute Gasteiger partial charge is 0.298 e. The molecule has 22 heavy (non-hydrogen) atoms. The van der Waals surface area contributed by atoms with Gasteiger partial charge in [0.25, 0.3) is 6.01 Å². The Kier molecular flexibility index (Phi) is 3.59. The first-order chi connectivity index (χ1) is 10.3. The molecule has 3 rings (SSSR count). The molecule has 2 heterocycles. The van der Waals surface area contributed by atoms with Gasteiger partial charge in [-0.2, -0.15) is 4.98 Å². The zero-order chi connectivity index (χ0) is 15.9. The van der Waals surface area contributed by atoms with Crippen molar-refractivity contribution in [2.45, 2.75) is 45.1 Å². The molecule has 1 saturated heterocycles. The number of benzene rings is 1. The number of hydrogen-bond donors (Lipinski definition) is 1. The normalized spacial score (nSPS) is 18.7. The van der Waals surface area contributed by atoms with E-state index < -0.39 is 0 Å². The van der Waals surface area contributed by atoms with Crippen molar-refractivity contribution in [2.24, 2.45) is 0 Å². The molecule has 1 aromatic carbocycles. The summed E-state index contributed by atoms with van der Waals surface area (Å²) in [5.74, 6) is 0.130. The number of carbonyl (C=O) groups is 1. The second kappa shape index (κ2) is 5.30. The number of oxazole rings is 1. The summed E-state index contributed by atoms with van der Waals surface area (Å²) in [5, 5.41) is 2.97. The highest BCUT2D eigenvalue weighted by atomic mass is 16.4. The van der Waals surface area contributed by atoms with Crippen LogP contribution in [0.1, 0.15) is 39.2 Å². The lowest BCUT2D eigenvalue weighted by atomic mass is 9.87. The summed E-state index contributed by atoms with van der Waals surface area (Å²) >= 11 is 0. The standard InChI is InChI=1S/C17H23N3O2/c1-17(2,3)11-5-7-14-13(9-11)19-16(22-14)20(4)10-12-6-8-15(21)18-12/h5,7,9,12H,6,8,10H2,1-4H3,(H,18,21). The lowest BCUT2D eigenvalue weighted by Crippen LogP contribution is -2.36.